The quantitative estimate of drug-likeness (QED) is 0.166. The van der Waals surface area contributed by atoms with E-state index >= 15 is 0 Å². The van der Waals surface area contributed by atoms with Gasteiger partial charge in [-0.05, 0) is 92.2 Å². The molecular weight excluding hydrogens is 655 g/mol. The average molecular weight is 690 g/mol. The van der Waals surface area contributed by atoms with Crippen molar-refractivity contribution in [3.63, 3.8) is 0 Å². The Bertz CT molecular complexity index is 2800. The number of furan rings is 1. The zero-order valence-corrected chi connectivity index (χ0v) is 29.6. The van der Waals surface area contributed by atoms with Crippen LogP contribution in [0, 0.1) is 0 Å². The lowest BCUT2D eigenvalue weighted by atomic mass is 9.93. The lowest BCUT2D eigenvalue weighted by Gasteiger charge is -2.26. The molecule has 0 aliphatic rings. The third kappa shape index (κ3) is 5.62. The molecule has 0 atom stereocenters. The smallest absolute Gasteiger partial charge is 0.159 e. The molecule has 0 amide bonds. The molecule has 1 aromatic heterocycles. The second kappa shape index (κ2) is 13.4. The van der Waals surface area contributed by atoms with Gasteiger partial charge in [0, 0.05) is 27.7 Å². The third-order valence-corrected chi connectivity index (χ3v) is 10.5. The van der Waals surface area contributed by atoms with Gasteiger partial charge < -0.3 is 9.32 Å². The van der Waals surface area contributed by atoms with Crippen molar-refractivity contribution in [3.8, 4) is 44.5 Å². The maximum Gasteiger partial charge on any atom is 0.159 e. The summed E-state index contributed by atoms with van der Waals surface area (Å²) in [7, 11) is 0. The molecule has 54 heavy (non-hydrogen) atoms. The predicted molar refractivity (Wildman–Crippen MR) is 228 cm³/mol. The van der Waals surface area contributed by atoms with Crippen molar-refractivity contribution in [2.24, 2.45) is 0 Å². The highest BCUT2D eigenvalue weighted by molar-refractivity contribution is 6.15. The highest BCUT2D eigenvalue weighted by atomic mass is 16.3. The summed E-state index contributed by atoms with van der Waals surface area (Å²) in [5, 5.41) is 4.63. The van der Waals surface area contributed by atoms with Gasteiger partial charge in [0.15, 0.2) is 5.58 Å². The first-order chi connectivity index (χ1) is 26.8. The summed E-state index contributed by atoms with van der Waals surface area (Å²) in [4.78, 5) is 2.32. The topological polar surface area (TPSA) is 16.4 Å². The Morgan fingerprint density at radius 1 is 0.296 bits per heavy atom. The molecule has 254 valence electrons. The molecule has 0 N–H and O–H groups in total. The van der Waals surface area contributed by atoms with Crippen LogP contribution in [0.5, 0.6) is 0 Å². The molecule has 0 aliphatic heterocycles. The first-order valence-electron chi connectivity index (χ1n) is 18.4. The largest absolute Gasteiger partial charge is 0.453 e. The van der Waals surface area contributed by atoms with Crippen LogP contribution in [0.2, 0.25) is 0 Å². The number of rotatable bonds is 7. The Morgan fingerprint density at radius 3 is 1.43 bits per heavy atom. The van der Waals surface area contributed by atoms with Crippen molar-refractivity contribution in [1.29, 1.82) is 0 Å². The summed E-state index contributed by atoms with van der Waals surface area (Å²) < 4.78 is 7.12. The molecular formula is C52H35NO. The summed E-state index contributed by atoms with van der Waals surface area (Å²) in [6.07, 6.45) is 0. The fourth-order valence-electron chi connectivity index (χ4n) is 7.82. The van der Waals surface area contributed by atoms with Crippen molar-refractivity contribution >= 4 is 49.8 Å². The van der Waals surface area contributed by atoms with Crippen LogP contribution < -0.4 is 4.90 Å². The fraction of sp³-hybridized carbons (Fsp3) is 0. The van der Waals surface area contributed by atoms with Crippen LogP contribution in [0.1, 0.15) is 0 Å². The van der Waals surface area contributed by atoms with Crippen LogP contribution in [-0.2, 0) is 0 Å². The molecule has 0 unspecified atom stereocenters. The maximum atomic E-state index is 7.12. The number of benzene rings is 9. The first kappa shape index (κ1) is 31.6. The summed E-state index contributed by atoms with van der Waals surface area (Å²) in [5.74, 6) is 0. The van der Waals surface area contributed by atoms with Crippen molar-refractivity contribution in [2.45, 2.75) is 0 Å². The lowest BCUT2D eigenvalue weighted by molar-refractivity contribution is 0.670. The van der Waals surface area contributed by atoms with Crippen LogP contribution >= 0.6 is 0 Å². The molecule has 2 heteroatoms. The molecule has 0 aliphatic carbocycles. The maximum absolute atomic E-state index is 7.12. The highest BCUT2D eigenvalue weighted by Crippen LogP contribution is 2.46. The molecule has 0 bridgehead atoms. The molecule has 0 saturated heterocycles. The molecule has 0 radical (unpaired) electrons. The fourth-order valence-corrected chi connectivity index (χ4v) is 7.82. The third-order valence-electron chi connectivity index (χ3n) is 10.5. The van der Waals surface area contributed by atoms with E-state index in [-0.39, 0.29) is 0 Å². The van der Waals surface area contributed by atoms with Crippen molar-refractivity contribution < 1.29 is 4.42 Å². The van der Waals surface area contributed by atoms with Gasteiger partial charge in [0.2, 0.25) is 0 Å². The lowest BCUT2D eigenvalue weighted by Crippen LogP contribution is -2.10. The van der Waals surface area contributed by atoms with E-state index in [9.17, 15) is 0 Å². The van der Waals surface area contributed by atoms with E-state index in [1.54, 1.807) is 0 Å². The number of anilines is 3. The second-order valence-electron chi connectivity index (χ2n) is 13.7. The van der Waals surface area contributed by atoms with Gasteiger partial charge in [-0.1, -0.05) is 170 Å². The van der Waals surface area contributed by atoms with Gasteiger partial charge in [0.05, 0.1) is 5.69 Å². The normalized spacial score (nSPS) is 11.3. The van der Waals surface area contributed by atoms with Gasteiger partial charge in [0.25, 0.3) is 0 Å². The van der Waals surface area contributed by atoms with Crippen LogP contribution in [-0.4, -0.2) is 0 Å². The molecule has 10 rings (SSSR count). The SMILES string of the molecule is c1ccc(-c2ccc(N(c3ccc(-c4ccccc4)cc3)c3cccc4c3oc3c(-c5ccccc5)cc(-c5cccc6ccccc56)cc34)cc2)cc1. The standard InChI is InChI=1S/C52H35NO/c1-4-14-36(15-5-1)38-26-30-43(31-27-38)53(44-32-28-39(29-33-44)37-16-6-2-7-17-37)50-25-13-24-47-49-35-42(46-23-12-21-40-20-10-11-22-45(40)46)34-48(51(49)54-52(47)50)41-18-8-3-9-19-41/h1-35H. The van der Waals surface area contributed by atoms with Gasteiger partial charge in [-0.3, -0.25) is 0 Å². The van der Waals surface area contributed by atoms with E-state index in [0.717, 1.165) is 55.7 Å². The Balaban J connectivity index is 1.19. The van der Waals surface area contributed by atoms with Crippen LogP contribution in [0.3, 0.4) is 0 Å². The van der Waals surface area contributed by atoms with Crippen molar-refractivity contribution in [1.82, 2.24) is 0 Å². The minimum atomic E-state index is 0.846. The Hall–Kier alpha value is -7.16. The molecule has 0 spiro atoms. The summed E-state index contributed by atoms with van der Waals surface area (Å²) in [6.45, 7) is 0. The number of nitrogens with zero attached hydrogens (tertiary/aromatic N) is 1. The number of para-hydroxylation sites is 1. The predicted octanol–water partition coefficient (Wildman–Crippen LogP) is 14.9. The molecule has 0 fully saturated rings. The number of hydrogen-bond donors (Lipinski definition) is 0. The van der Waals surface area contributed by atoms with Crippen LogP contribution in [0.25, 0.3) is 77.2 Å². The zero-order valence-electron chi connectivity index (χ0n) is 29.6. The van der Waals surface area contributed by atoms with Crippen LogP contribution in [0.15, 0.2) is 217 Å². The zero-order chi connectivity index (χ0) is 35.8. The Morgan fingerprint density at radius 2 is 0.796 bits per heavy atom. The van der Waals surface area contributed by atoms with Crippen molar-refractivity contribution in [3.05, 3.63) is 212 Å². The van der Waals surface area contributed by atoms with Gasteiger partial charge in [-0.15, -0.1) is 0 Å². The van der Waals surface area contributed by atoms with Gasteiger partial charge in [0.1, 0.15) is 5.58 Å². The van der Waals surface area contributed by atoms with E-state index < -0.39 is 0 Å². The minimum Gasteiger partial charge on any atom is -0.453 e. The summed E-state index contributed by atoms with van der Waals surface area (Å²) in [6, 6.07) is 75.7. The van der Waals surface area contributed by atoms with Crippen molar-refractivity contribution in [2.75, 3.05) is 4.90 Å². The van der Waals surface area contributed by atoms with E-state index in [1.807, 2.05) is 0 Å². The highest BCUT2D eigenvalue weighted by Gasteiger charge is 2.22. The molecule has 0 saturated carbocycles. The molecule has 10 aromatic rings. The van der Waals surface area contributed by atoms with Gasteiger partial charge in [-0.2, -0.15) is 0 Å². The van der Waals surface area contributed by atoms with E-state index in [4.69, 9.17) is 4.42 Å². The monoisotopic (exact) mass is 689 g/mol. The van der Waals surface area contributed by atoms with E-state index in [0.29, 0.717) is 0 Å². The summed E-state index contributed by atoms with van der Waals surface area (Å²) >= 11 is 0. The summed E-state index contributed by atoms with van der Waals surface area (Å²) in [5.41, 5.74) is 14.1. The molecule has 2 nitrogen and oxygen atoms in total. The minimum absolute atomic E-state index is 0.846. The Kier molecular flexibility index (Phi) is 7.85. The number of hydrogen-bond acceptors (Lipinski definition) is 2. The first-order valence-corrected chi connectivity index (χ1v) is 18.4. The number of fused-ring (bicyclic) bond motifs is 4. The van der Waals surface area contributed by atoms with Gasteiger partial charge >= 0.3 is 0 Å². The molecule has 1 heterocycles. The van der Waals surface area contributed by atoms with Crippen LogP contribution in [0.4, 0.5) is 17.1 Å². The van der Waals surface area contributed by atoms with Gasteiger partial charge in [-0.25, -0.2) is 0 Å². The second-order valence-corrected chi connectivity index (χ2v) is 13.7. The van der Waals surface area contributed by atoms with E-state index in [1.165, 1.54) is 38.6 Å². The molecule has 9 aromatic carbocycles. The average Bonchev–Trinajstić information content (AvgIpc) is 3.64. The Labute approximate surface area is 314 Å². The van der Waals surface area contributed by atoms with E-state index in [2.05, 4.69) is 217 Å².